The second kappa shape index (κ2) is 4.29. The first kappa shape index (κ1) is 11.2. The molecule has 0 amide bonds. The average molecular weight is 232 g/mol. The third-order valence-corrected chi connectivity index (χ3v) is 2.41. The van der Waals surface area contributed by atoms with E-state index in [9.17, 15) is 14.5 Å². The number of nitro groups is 1. The maximum Gasteiger partial charge on any atom is 0.295 e. The van der Waals surface area contributed by atoms with E-state index in [1.807, 2.05) is 0 Å². The zero-order valence-corrected chi connectivity index (χ0v) is 9.05. The largest absolute Gasteiger partial charge is 0.295 e. The van der Waals surface area contributed by atoms with Crippen molar-refractivity contribution in [3.05, 3.63) is 58.0 Å². The molecular weight excluding hydrogens is 223 g/mol. The summed E-state index contributed by atoms with van der Waals surface area (Å²) in [5, 5.41) is 10.8. The Labute approximate surface area is 96.9 Å². The Morgan fingerprint density at radius 1 is 1.35 bits per heavy atom. The van der Waals surface area contributed by atoms with Crippen molar-refractivity contribution < 1.29 is 9.31 Å². The fourth-order valence-electron chi connectivity index (χ4n) is 1.56. The van der Waals surface area contributed by atoms with Crippen LogP contribution < -0.4 is 0 Å². The van der Waals surface area contributed by atoms with E-state index in [-0.39, 0.29) is 17.2 Å². The first-order chi connectivity index (χ1) is 8.09. The monoisotopic (exact) mass is 232 g/mol. The molecule has 0 N–H and O–H groups in total. The number of hydrogen-bond donors (Lipinski definition) is 0. The maximum absolute atomic E-state index is 13.1. The van der Waals surface area contributed by atoms with Gasteiger partial charge in [0.1, 0.15) is 11.5 Å². The van der Waals surface area contributed by atoms with Crippen molar-refractivity contribution in [2.24, 2.45) is 0 Å². The standard InChI is InChI=1S/C12H9FN2O2/c1-8-7-9(4-5-10(8)13)12-11(15(16)17)3-2-6-14-12/h2-7H,1H3. The van der Waals surface area contributed by atoms with Crippen molar-refractivity contribution in [2.75, 3.05) is 0 Å². The summed E-state index contributed by atoms with van der Waals surface area (Å²) in [6.45, 7) is 1.60. The molecule has 17 heavy (non-hydrogen) atoms. The smallest absolute Gasteiger partial charge is 0.258 e. The van der Waals surface area contributed by atoms with Crippen LogP contribution >= 0.6 is 0 Å². The van der Waals surface area contributed by atoms with Crippen LogP contribution in [-0.2, 0) is 0 Å². The summed E-state index contributed by atoms with van der Waals surface area (Å²) in [6, 6.07) is 7.18. The Kier molecular flexibility index (Phi) is 2.82. The minimum Gasteiger partial charge on any atom is -0.258 e. The van der Waals surface area contributed by atoms with Crippen LogP contribution in [0.2, 0.25) is 0 Å². The van der Waals surface area contributed by atoms with Crippen molar-refractivity contribution in [3.8, 4) is 11.3 Å². The van der Waals surface area contributed by atoms with Crippen LogP contribution in [0.1, 0.15) is 5.56 Å². The molecule has 0 saturated heterocycles. The summed E-state index contributed by atoms with van der Waals surface area (Å²) in [5.74, 6) is -0.340. The fraction of sp³-hybridized carbons (Fsp3) is 0.0833. The molecule has 1 aromatic carbocycles. The van der Waals surface area contributed by atoms with Crippen LogP contribution in [0.15, 0.2) is 36.5 Å². The molecule has 0 aliphatic rings. The van der Waals surface area contributed by atoms with E-state index < -0.39 is 4.92 Å². The Balaban J connectivity index is 2.60. The van der Waals surface area contributed by atoms with Gasteiger partial charge in [-0.25, -0.2) is 9.37 Å². The van der Waals surface area contributed by atoms with Crippen molar-refractivity contribution in [1.82, 2.24) is 4.98 Å². The van der Waals surface area contributed by atoms with Crippen LogP contribution in [0.5, 0.6) is 0 Å². The van der Waals surface area contributed by atoms with E-state index in [0.29, 0.717) is 11.1 Å². The first-order valence-corrected chi connectivity index (χ1v) is 4.95. The SMILES string of the molecule is Cc1cc(-c2ncccc2[N+](=O)[O-])ccc1F. The van der Waals surface area contributed by atoms with Crippen molar-refractivity contribution >= 4 is 5.69 Å². The van der Waals surface area contributed by atoms with Crippen LogP contribution in [0.25, 0.3) is 11.3 Å². The maximum atomic E-state index is 13.1. The summed E-state index contributed by atoms with van der Waals surface area (Å²) in [4.78, 5) is 14.3. The topological polar surface area (TPSA) is 56.0 Å². The molecule has 0 saturated carbocycles. The molecule has 1 aromatic heterocycles. The predicted molar refractivity (Wildman–Crippen MR) is 61.0 cm³/mol. The molecular formula is C12H9FN2O2. The molecule has 0 aliphatic carbocycles. The van der Waals surface area contributed by atoms with Gasteiger partial charge in [-0.2, -0.15) is 0 Å². The highest BCUT2D eigenvalue weighted by atomic mass is 19.1. The van der Waals surface area contributed by atoms with Gasteiger partial charge < -0.3 is 0 Å². The highest BCUT2D eigenvalue weighted by molar-refractivity contribution is 5.69. The number of aryl methyl sites for hydroxylation is 1. The highest BCUT2D eigenvalue weighted by Crippen LogP contribution is 2.28. The normalized spacial score (nSPS) is 10.2. The predicted octanol–water partition coefficient (Wildman–Crippen LogP) is 3.10. The van der Waals surface area contributed by atoms with Gasteiger partial charge in [0.25, 0.3) is 5.69 Å². The Morgan fingerprint density at radius 2 is 2.12 bits per heavy atom. The lowest BCUT2D eigenvalue weighted by atomic mass is 10.1. The molecule has 0 atom stereocenters. The summed E-state index contributed by atoms with van der Waals surface area (Å²) < 4.78 is 13.1. The lowest BCUT2D eigenvalue weighted by molar-refractivity contribution is -0.384. The fourth-order valence-corrected chi connectivity index (χ4v) is 1.56. The minimum absolute atomic E-state index is 0.0847. The molecule has 4 nitrogen and oxygen atoms in total. The number of aromatic nitrogens is 1. The third-order valence-electron chi connectivity index (χ3n) is 2.41. The molecule has 2 aromatic rings. The van der Waals surface area contributed by atoms with Gasteiger partial charge in [-0.3, -0.25) is 10.1 Å². The molecule has 5 heteroatoms. The Bertz CT molecular complexity index is 584. The molecule has 0 fully saturated rings. The number of benzene rings is 1. The number of rotatable bonds is 2. The molecule has 0 radical (unpaired) electrons. The van der Waals surface area contributed by atoms with E-state index in [0.717, 1.165) is 0 Å². The second-order valence-electron chi connectivity index (χ2n) is 3.59. The third kappa shape index (κ3) is 2.13. The molecule has 0 bridgehead atoms. The van der Waals surface area contributed by atoms with E-state index in [1.54, 1.807) is 13.0 Å². The summed E-state index contributed by atoms with van der Waals surface area (Å²) >= 11 is 0. The van der Waals surface area contributed by atoms with E-state index in [2.05, 4.69) is 4.98 Å². The van der Waals surface area contributed by atoms with Gasteiger partial charge in [0.2, 0.25) is 0 Å². The van der Waals surface area contributed by atoms with Gasteiger partial charge >= 0.3 is 0 Å². The van der Waals surface area contributed by atoms with Crippen molar-refractivity contribution in [3.63, 3.8) is 0 Å². The van der Waals surface area contributed by atoms with Gasteiger partial charge in [-0.1, -0.05) is 0 Å². The summed E-state index contributed by atoms with van der Waals surface area (Å²) in [5.41, 5.74) is 1.14. The Hall–Kier alpha value is -2.30. The van der Waals surface area contributed by atoms with E-state index >= 15 is 0 Å². The quantitative estimate of drug-likeness (QED) is 0.590. The number of nitrogens with zero attached hydrogens (tertiary/aromatic N) is 2. The molecule has 86 valence electrons. The lowest BCUT2D eigenvalue weighted by Crippen LogP contribution is -1.94. The zero-order valence-electron chi connectivity index (χ0n) is 9.05. The first-order valence-electron chi connectivity index (χ1n) is 4.95. The molecule has 0 spiro atoms. The molecule has 0 unspecified atom stereocenters. The van der Waals surface area contributed by atoms with Gasteiger partial charge in [0, 0.05) is 17.8 Å². The van der Waals surface area contributed by atoms with Gasteiger partial charge in [0.05, 0.1) is 4.92 Å². The van der Waals surface area contributed by atoms with Crippen LogP contribution in [0.4, 0.5) is 10.1 Å². The van der Waals surface area contributed by atoms with Crippen molar-refractivity contribution in [1.29, 1.82) is 0 Å². The number of halogens is 1. The van der Waals surface area contributed by atoms with Crippen LogP contribution in [0.3, 0.4) is 0 Å². The van der Waals surface area contributed by atoms with Crippen molar-refractivity contribution in [2.45, 2.75) is 6.92 Å². The summed E-state index contributed by atoms with van der Waals surface area (Å²) in [7, 11) is 0. The molecule has 0 aliphatic heterocycles. The van der Waals surface area contributed by atoms with E-state index in [1.165, 1.54) is 30.5 Å². The number of hydrogen-bond acceptors (Lipinski definition) is 3. The summed E-state index contributed by atoms with van der Waals surface area (Å²) in [6.07, 6.45) is 1.47. The van der Waals surface area contributed by atoms with Crippen LogP contribution in [0, 0.1) is 22.9 Å². The van der Waals surface area contributed by atoms with Gasteiger partial charge in [0.15, 0.2) is 0 Å². The highest BCUT2D eigenvalue weighted by Gasteiger charge is 2.16. The Morgan fingerprint density at radius 3 is 2.76 bits per heavy atom. The van der Waals surface area contributed by atoms with Crippen LogP contribution in [-0.4, -0.2) is 9.91 Å². The van der Waals surface area contributed by atoms with Gasteiger partial charge in [-0.05, 0) is 36.8 Å². The van der Waals surface area contributed by atoms with E-state index in [4.69, 9.17) is 0 Å². The molecule has 1 heterocycles. The lowest BCUT2D eigenvalue weighted by Gasteiger charge is -2.03. The average Bonchev–Trinajstić information content (AvgIpc) is 2.32. The number of pyridine rings is 1. The molecule has 2 rings (SSSR count). The second-order valence-corrected chi connectivity index (χ2v) is 3.59. The zero-order chi connectivity index (χ0) is 12.4. The minimum atomic E-state index is -0.499. The van der Waals surface area contributed by atoms with Gasteiger partial charge in [-0.15, -0.1) is 0 Å².